The molecule has 0 aliphatic heterocycles. The first kappa shape index (κ1) is 21.0. The van der Waals surface area contributed by atoms with Crippen LogP contribution in [0, 0.1) is 18.7 Å². The van der Waals surface area contributed by atoms with E-state index in [1.54, 1.807) is 0 Å². The van der Waals surface area contributed by atoms with Gasteiger partial charge in [0.05, 0.1) is 5.69 Å². The molecule has 0 saturated carbocycles. The van der Waals surface area contributed by atoms with Crippen molar-refractivity contribution in [2.24, 2.45) is 0 Å². The quantitative estimate of drug-likeness (QED) is 0.390. The number of carbonyl (C=O) groups is 1. The fraction of sp³-hybridized carbons (Fsp3) is 0.182. The smallest absolute Gasteiger partial charge is 0.287 e. The van der Waals surface area contributed by atoms with E-state index in [1.165, 1.54) is 21.6 Å². The van der Waals surface area contributed by atoms with Crippen LogP contribution in [0.5, 0.6) is 5.75 Å². The highest BCUT2D eigenvalue weighted by Crippen LogP contribution is 2.25. The van der Waals surface area contributed by atoms with Gasteiger partial charge in [0.25, 0.3) is 10.7 Å². The van der Waals surface area contributed by atoms with Crippen molar-refractivity contribution in [1.82, 2.24) is 14.8 Å². The van der Waals surface area contributed by atoms with Gasteiger partial charge in [0.15, 0.2) is 11.7 Å². The summed E-state index contributed by atoms with van der Waals surface area (Å²) in [6.45, 7) is 4.03. The summed E-state index contributed by atoms with van der Waals surface area (Å²) < 4.78 is 12.5. The zero-order chi connectivity index (χ0) is 21.8. The number of ether oxygens (including phenoxy) is 1. The molecule has 1 N–H and O–H groups in total. The Morgan fingerprint density at radius 3 is 2.74 bits per heavy atom. The van der Waals surface area contributed by atoms with Gasteiger partial charge in [-0.15, -0.1) is 16.4 Å². The van der Waals surface area contributed by atoms with Crippen molar-refractivity contribution < 1.29 is 13.9 Å². The molecule has 0 atom stereocenters. The van der Waals surface area contributed by atoms with Gasteiger partial charge >= 0.3 is 0 Å². The topological polar surface area (TPSA) is 82.2 Å². The van der Waals surface area contributed by atoms with Gasteiger partial charge in [-0.2, -0.15) is 0 Å². The number of nitrogens with one attached hydrogen (secondary N) is 1. The van der Waals surface area contributed by atoms with Gasteiger partial charge in [-0.3, -0.25) is 4.79 Å². The van der Waals surface area contributed by atoms with Crippen molar-refractivity contribution in [1.29, 1.82) is 0 Å². The minimum Gasteiger partial charge on any atom is -0.484 e. The van der Waals surface area contributed by atoms with Gasteiger partial charge in [-0.05, 0) is 37.7 Å². The Labute approximate surface area is 188 Å². The standard InChI is InChI=1S/C22H20N4O3S2/c1-14-7-9-16(10-8-14)17-13-31-21(23-17)24-19(27)11-26-22(30)29-20(25-26)12-28-18-6-4-3-5-15(18)2/h3-10,13H,11-12H2,1-2H3,(H,23,24,27). The average molecular weight is 453 g/mol. The van der Waals surface area contributed by atoms with E-state index in [0.717, 1.165) is 22.6 Å². The summed E-state index contributed by atoms with van der Waals surface area (Å²) in [4.78, 5) is 17.0. The third kappa shape index (κ3) is 5.25. The first-order valence-electron chi connectivity index (χ1n) is 9.55. The molecule has 2 aromatic carbocycles. The molecular formula is C22H20N4O3S2. The van der Waals surface area contributed by atoms with Crippen molar-refractivity contribution in [2.75, 3.05) is 5.32 Å². The van der Waals surface area contributed by atoms with Crippen LogP contribution in [-0.2, 0) is 17.9 Å². The lowest BCUT2D eigenvalue weighted by Crippen LogP contribution is -2.19. The lowest BCUT2D eigenvalue weighted by Gasteiger charge is -2.05. The number of benzene rings is 2. The maximum Gasteiger partial charge on any atom is 0.287 e. The summed E-state index contributed by atoms with van der Waals surface area (Å²) in [5, 5.41) is 9.44. The summed E-state index contributed by atoms with van der Waals surface area (Å²) in [6.07, 6.45) is 0. The predicted molar refractivity (Wildman–Crippen MR) is 122 cm³/mol. The second kappa shape index (κ2) is 9.23. The van der Waals surface area contributed by atoms with Crippen molar-refractivity contribution >= 4 is 34.6 Å². The second-order valence-electron chi connectivity index (χ2n) is 6.93. The minimum absolute atomic E-state index is 0.0772. The summed E-state index contributed by atoms with van der Waals surface area (Å²) in [5.41, 5.74) is 4.00. The van der Waals surface area contributed by atoms with Gasteiger partial charge in [0.2, 0.25) is 5.91 Å². The summed E-state index contributed by atoms with van der Waals surface area (Å²) in [7, 11) is 0. The largest absolute Gasteiger partial charge is 0.484 e. The third-order valence-electron chi connectivity index (χ3n) is 4.48. The van der Waals surface area contributed by atoms with Crippen molar-refractivity contribution in [3.63, 3.8) is 0 Å². The summed E-state index contributed by atoms with van der Waals surface area (Å²) >= 11 is 6.54. The SMILES string of the molecule is Cc1ccc(-c2csc(NC(=O)Cn3nc(COc4ccccc4C)oc3=S)n2)cc1. The minimum atomic E-state index is -0.291. The maximum atomic E-state index is 12.4. The number of para-hydroxylation sites is 1. The van der Waals surface area contributed by atoms with Crippen LogP contribution in [0.25, 0.3) is 11.3 Å². The molecule has 2 heterocycles. The van der Waals surface area contributed by atoms with Crippen LogP contribution in [0.2, 0.25) is 0 Å². The van der Waals surface area contributed by atoms with Gasteiger partial charge in [0.1, 0.15) is 12.3 Å². The van der Waals surface area contributed by atoms with E-state index in [1.807, 2.05) is 67.8 Å². The number of carbonyl (C=O) groups excluding carboxylic acids is 1. The fourth-order valence-electron chi connectivity index (χ4n) is 2.85. The van der Waals surface area contributed by atoms with Gasteiger partial charge < -0.3 is 14.5 Å². The molecule has 1 amide bonds. The molecule has 0 aliphatic rings. The Bertz CT molecular complexity index is 1260. The molecule has 2 aromatic heterocycles. The molecule has 0 spiro atoms. The van der Waals surface area contributed by atoms with Gasteiger partial charge in [0, 0.05) is 10.9 Å². The number of anilines is 1. The zero-order valence-electron chi connectivity index (χ0n) is 17.0. The van der Waals surface area contributed by atoms with E-state index < -0.39 is 0 Å². The first-order chi connectivity index (χ1) is 15.0. The van der Waals surface area contributed by atoms with Crippen molar-refractivity contribution in [3.05, 3.63) is 75.8 Å². The molecule has 0 aliphatic carbocycles. The van der Waals surface area contributed by atoms with Crippen LogP contribution in [0.3, 0.4) is 0 Å². The number of rotatable bonds is 7. The van der Waals surface area contributed by atoms with Crippen LogP contribution in [-0.4, -0.2) is 20.7 Å². The number of hydrogen-bond donors (Lipinski definition) is 1. The van der Waals surface area contributed by atoms with Crippen LogP contribution < -0.4 is 10.1 Å². The fourth-order valence-corrected chi connectivity index (χ4v) is 3.79. The highest BCUT2D eigenvalue weighted by molar-refractivity contribution is 7.71. The van der Waals surface area contributed by atoms with E-state index >= 15 is 0 Å². The average Bonchev–Trinajstić information content (AvgIpc) is 3.34. The van der Waals surface area contributed by atoms with Crippen LogP contribution in [0.15, 0.2) is 58.3 Å². The molecule has 7 nitrogen and oxygen atoms in total. The van der Waals surface area contributed by atoms with E-state index in [9.17, 15) is 4.79 Å². The highest BCUT2D eigenvalue weighted by Gasteiger charge is 2.13. The molecule has 0 bridgehead atoms. The summed E-state index contributed by atoms with van der Waals surface area (Å²) in [5.74, 6) is 0.751. The number of aromatic nitrogens is 3. The molecule has 0 fully saturated rings. The Balaban J connectivity index is 1.36. The first-order valence-corrected chi connectivity index (χ1v) is 10.8. The van der Waals surface area contributed by atoms with Crippen LogP contribution in [0.4, 0.5) is 5.13 Å². The molecule has 0 saturated heterocycles. The van der Waals surface area contributed by atoms with Crippen LogP contribution in [0.1, 0.15) is 17.0 Å². The van der Waals surface area contributed by atoms with Crippen LogP contribution >= 0.6 is 23.6 Å². The van der Waals surface area contributed by atoms with Gasteiger partial charge in [-0.1, -0.05) is 48.0 Å². The molecule has 31 heavy (non-hydrogen) atoms. The highest BCUT2D eigenvalue weighted by atomic mass is 32.1. The maximum absolute atomic E-state index is 12.4. The third-order valence-corrected chi connectivity index (χ3v) is 5.54. The number of amides is 1. The molecule has 0 radical (unpaired) electrons. The van der Waals surface area contributed by atoms with Gasteiger partial charge in [-0.25, -0.2) is 9.67 Å². The van der Waals surface area contributed by atoms with Crippen molar-refractivity contribution in [2.45, 2.75) is 27.0 Å². The number of aryl methyl sites for hydroxylation is 2. The number of nitrogens with zero attached hydrogens (tertiary/aromatic N) is 3. The number of thiazole rings is 1. The Morgan fingerprint density at radius 1 is 1.19 bits per heavy atom. The molecule has 4 aromatic rings. The van der Waals surface area contributed by atoms with E-state index in [-0.39, 0.29) is 23.9 Å². The Morgan fingerprint density at radius 2 is 1.97 bits per heavy atom. The Hall–Kier alpha value is -3.30. The summed E-state index contributed by atoms with van der Waals surface area (Å²) in [6, 6.07) is 15.7. The molecular weight excluding hydrogens is 432 g/mol. The van der Waals surface area contributed by atoms with E-state index in [0.29, 0.717) is 11.0 Å². The number of hydrogen-bond acceptors (Lipinski definition) is 7. The molecule has 158 valence electrons. The van der Waals surface area contributed by atoms with E-state index in [4.69, 9.17) is 21.4 Å². The predicted octanol–water partition coefficient (Wildman–Crippen LogP) is 5.16. The Kier molecular flexibility index (Phi) is 6.24. The van der Waals surface area contributed by atoms with E-state index in [2.05, 4.69) is 15.4 Å². The monoisotopic (exact) mass is 452 g/mol. The zero-order valence-corrected chi connectivity index (χ0v) is 18.6. The lowest BCUT2D eigenvalue weighted by atomic mass is 10.1. The lowest BCUT2D eigenvalue weighted by molar-refractivity contribution is -0.117. The van der Waals surface area contributed by atoms with Crippen molar-refractivity contribution in [3.8, 4) is 17.0 Å². The molecule has 4 rings (SSSR count). The second-order valence-corrected chi connectivity index (χ2v) is 8.13. The molecule has 9 heteroatoms. The normalized spacial score (nSPS) is 10.8. The molecule has 0 unspecified atom stereocenters.